The Kier molecular flexibility index (Phi) is 6.19. The Morgan fingerprint density at radius 1 is 1.30 bits per heavy atom. The van der Waals surface area contributed by atoms with Crippen LogP contribution in [0.3, 0.4) is 0 Å². The van der Waals surface area contributed by atoms with E-state index in [0.29, 0.717) is 45.5 Å². The van der Waals surface area contributed by atoms with Crippen LogP contribution in [0, 0.1) is 0 Å². The molecule has 0 radical (unpaired) electrons. The number of hydrogen-bond donors (Lipinski definition) is 1. The van der Waals surface area contributed by atoms with Gasteiger partial charge in [-0.05, 0) is 36.6 Å². The molecule has 1 aromatic carbocycles. The summed E-state index contributed by atoms with van der Waals surface area (Å²) in [5.41, 5.74) is 0.674. The third-order valence-corrected chi connectivity index (χ3v) is 6.03. The van der Waals surface area contributed by atoms with E-state index in [4.69, 9.17) is 33.3 Å². The highest BCUT2D eigenvalue weighted by Crippen LogP contribution is 2.26. The molecule has 0 amide bonds. The van der Waals surface area contributed by atoms with Crippen LogP contribution in [0.15, 0.2) is 29.1 Å². The van der Waals surface area contributed by atoms with Crippen LogP contribution >= 0.6 is 34.5 Å². The summed E-state index contributed by atoms with van der Waals surface area (Å²) in [6, 6.07) is 7.09. The number of fused-ring (bicyclic) bond motifs is 1. The van der Waals surface area contributed by atoms with Gasteiger partial charge < -0.3 is 5.11 Å². The molecular formula is C19H18Cl2N2O3S. The fraction of sp³-hybridized carbons (Fsp3) is 0.316. The number of hydrogen-bond acceptors (Lipinski definition) is 4. The fourth-order valence-electron chi connectivity index (χ4n) is 2.87. The molecule has 0 bridgehead atoms. The van der Waals surface area contributed by atoms with E-state index in [2.05, 4.69) is 0 Å². The lowest BCUT2D eigenvalue weighted by atomic mass is 10.1. The number of carboxylic acid groups (broad SMARTS) is 1. The molecular weight excluding hydrogens is 407 g/mol. The number of benzene rings is 1. The standard InChI is InChI=1S/C19H18Cl2N2O3S/c1-2-13-10-14-18(27-13)22-16(8-11-5-6-12(20)9-15(11)21)23(19(14)26)7-3-4-17(24)25/h5-6,9-10H,2-4,7-8H2,1H3,(H,24,25). The zero-order chi connectivity index (χ0) is 19.6. The van der Waals surface area contributed by atoms with E-state index in [1.165, 1.54) is 11.3 Å². The number of carbonyl (C=O) groups is 1. The number of rotatable bonds is 7. The first-order valence-corrected chi connectivity index (χ1v) is 10.1. The SMILES string of the molecule is CCc1cc2c(=O)n(CCCC(=O)O)c(Cc3ccc(Cl)cc3Cl)nc2s1. The quantitative estimate of drug-likeness (QED) is 0.591. The average Bonchev–Trinajstić information content (AvgIpc) is 3.03. The van der Waals surface area contributed by atoms with E-state index >= 15 is 0 Å². The maximum absolute atomic E-state index is 13.0. The highest BCUT2D eigenvalue weighted by atomic mass is 35.5. The summed E-state index contributed by atoms with van der Waals surface area (Å²) in [4.78, 5) is 30.4. The third kappa shape index (κ3) is 4.51. The third-order valence-electron chi connectivity index (χ3n) is 4.27. The van der Waals surface area contributed by atoms with E-state index < -0.39 is 5.97 Å². The van der Waals surface area contributed by atoms with Crippen molar-refractivity contribution in [3.8, 4) is 0 Å². The van der Waals surface area contributed by atoms with E-state index in [0.717, 1.165) is 16.9 Å². The molecule has 2 heterocycles. The number of aryl methyl sites for hydroxylation is 1. The van der Waals surface area contributed by atoms with Gasteiger partial charge in [-0.3, -0.25) is 14.2 Å². The van der Waals surface area contributed by atoms with Crippen molar-refractivity contribution in [1.29, 1.82) is 0 Å². The van der Waals surface area contributed by atoms with Gasteiger partial charge in [-0.15, -0.1) is 11.3 Å². The van der Waals surface area contributed by atoms with Gasteiger partial charge in [-0.1, -0.05) is 36.2 Å². The van der Waals surface area contributed by atoms with E-state index in [9.17, 15) is 9.59 Å². The molecule has 0 spiro atoms. The van der Waals surface area contributed by atoms with Crippen molar-refractivity contribution >= 4 is 50.7 Å². The Balaban J connectivity index is 2.06. The number of carboxylic acids is 1. The fourth-order valence-corrected chi connectivity index (χ4v) is 4.32. The van der Waals surface area contributed by atoms with Gasteiger partial charge in [0.1, 0.15) is 10.7 Å². The average molecular weight is 425 g/mol. The Labute approximate surface area is 170 Å². The van der Waals surface area contributed by atoms with Crippen LogP contribution in [0.1, 0.15) is 36.0 Å². The van der Waals surface area contributed by atoms with Gasteiger partial charge in [0.15, 0.2) is 0 Å². The second-order valence-corrected chi connectivity index (χ2v) is 8.14. The predicted octanol–water partition coefficient (Wildman–Crippen LogP) is 4.78. The normalized spacial score (nSPS) is 11.2. The monoisotopic (exact) mass is 424 g/mol. The van der Waals surface area contributed by atoms with Crippen molar-refractivity contribution in [3.63, 3.8) is 0 Å². The van der Waals surface area contributed by atoms with Gasteiger partial charge >= 0.3 is 5.97 Å². The molecule has 142 valence electrons. The molecule has 0 aliphatic heterocycles. The molecule has 2 aromatic heterocycles. The van der Waals surface area contributed by atoms with Crippen molar-refractivity contribution in [2.24, 2.45) is 0 Å². The predicted molar refractivity (Wildman–Crippen MR) is 109 cm³/mol. The molecule has 0 saturated carbocycles. The molecule has 0 atom stereocenters. The van der Waals surface area contributed by atoms with Gasteiger partial charge in [0.05, 0.1) is 5.39 Å². The zero-order valence-electron chi connectivity index (χ0n) is 14.7. The number of aliphatic carboxylic acids is 1. The van der Waals surface area contributed by atoms with Crippen molar-refractivity contribution in [2.75, 3.05) is 0 Å². The van der Waals surface area contributed by atoms with Crippen LogP contribution in [-0.4, -0.2) is 20.6 Å². The molecule has 27 heavy (non-hydrogen) atoms. The van der Waals surface area contributed by atoms with E-state index in [1.54, 1.807) is 16.7 Å². The topological polar surface area (TPSA) is 72.2 Å². The lowest BCUT2D eigenvalue weighted by Gasteiger charge is -2.13. The minimum absolute atomic E-state index is 0.00450. The Hall–Kier alpha value is -1.89. The van der Waals surface area contributed by atoms with E-state index in [1.807, 2.05) is 19.1 Å². The minimum atomic E-state index is -0.886. The summed E-state index contributed by atoms with van der Waals surface area (Å²) >= 11 is 13.8. The Morgan fingerprint density at radius 2 is 2.07 bits per heavy atom. The summed E-state index contributed by atoms with van der Waals surface area (Å²) in [6.45, 7) is 2.33. The van der Waals surface area contributed by atoms with Gasteiger partial charge in [-0.2, -0.15) is 0 Å². The van der Waals surface area contributed by atoms with Crippen LogP contribution in [0.25, 0.3) is 10.2 Å². The van der Waals surface area contributed by atoms with Gasteiger partial charge in [0, 0.05) is 34.3 Å². The molecule has 0 unspecified atom stereocenters. The smallest absolute Gasteiger partial charge is 0.303 e. The number of thiophene rings is 1. The summed E-state index contributed by atoms with van der Waals surface area (Å²) in [5, 5.41) is 10.5. The van der Waals surface area contributed by atoms with Crippen LogP contribution < -0.4 is 5.56 Å². The number of halogens is 2. The minimum Gasteiger partial charge on any atom is -0.481 e. The second kappa shape index (κ2) is 8.42. The molecule has 0 fully saturated rings. The Bertz CT molecular complexity index is 1060. The first-order valence-electron chi connectivity index (χ1n) is 8.57. The number of nitrogens with zero attached hydrogens (tertiary/aromatic N) is 2. The van der Waals surface area contributed by atoms with Crippen molar-refractivity contribution < 1.29 is 9.90 Å². The maximum atomic E-state index is 13.0. The zero-order valence-corrected chi connectivity index (χ0v) is 17.0. The molecule has 8 heteroatoms. The summed E-state index contributed by atoms with van der Waals surface area (Å²) in [5.74, 6) is -0.310. The highest BCUT2D eigenvalue weighted by Gasteiger charge is 2.15. The molecule has 5 nitrogen and oxygen atoms in total. The molecule has 0 saturated heterocycles. The molecule has 1 N–H and O–H groups in total. The summed E-state index contributed by atoms with van der Waals surface area (Å²) in [7, 11) is 0. The lowest BCUT2D eigenvalue weighted by Crippen LogP contribution is -2.25. The number of aromatic nitrogens is 2. The van der Waals surface area contributed by atoms with Crippen molar-refractivity contribution in [3.05, 3.63) is 60.9 Å². The maximum Gasteiger partial charge on any atom is 0.303 e. The van der Waals surface area contributed by atoms with Crippen LogP contribution in [-0.2, 0) is 24.2 Å². The van der Waals surface area contributed by atoms with Crippen molar-refractivity contribution in [2.45, 2.75) is 39.2 Å². The van der Waals surface area contributed by atoms with Crippen molar-refractivity contribution in [1.82, 2.24) is 9.55 Å². The van der Waals surface area contributed by atoms with Crippen LogP contribution in [0.4, 0.5) is 0 Å². The first kappa shape index (κ1) is 19.9. The largest absolute Gasteiger partial charge is 0.481 e. The van der Waals surface area contributed by atoms with Gasteiger partial charge in [0.25, 0.3) is 5.56 Å². The highest BCUT2D eigenvalue weighted by molar-refractivity contribution is 7.18. The van der Waals surface area contributed by atoms with Crippen LogP contribution in [0.2, 0.25) is 10.0 Å². The second-order valence-electron chi connectivity index (χ2n) is 6.18. The summed E-state index contributed by atoms with van der Waals surface area (Å²) < 4.78 is 1.57. The van der Waals surface area contributed by atoms with E-state index in [-0.39, 0.29) is 12.0 Å². The summed E-state index contributed by atoms with van der Waals surface area (Å²) in [6.07, 6.45) is 1.55. The lowest BCUT2D eigenvalue weighted by molar-refractivity contribution is -0.137. The molecule has 0 aliphatic rings. The first-order chi connectivity index (χ1) is 12.9. The molecule has 3 aromatic rings. The Morgan fingerprint density at radius 3 is 2.74 bits per heavy atom. The van der Waals surface area contributed by atoms with Gasteiger partial charge in [0.2, 0.25) is 0 Å². The van der Waals surface area contributed by atoms with Gasteiger partial charge in [-0.25, -0.2) is 4.98 Å². The van der Waals surface area contributed by atoms with Crippen LogP contribution in [0.5, 0.6) is 0 Å². The molecule has 3 rings (SSSR count). The molecule has 0 aliphatic carbocycles.